The van der Waals surface area contributed by atoms with Crippen LogP contribution in [0.5, 0.6) is 5.75 Å². The van der Waals surface area contributed by atoms with E-state index in [9.17, 15) is 4.79 Å². The van der Waals surface area contributed by atoms with Gasteiger partial charge in [-0.2, -0.15) is 0 Å². The van der Waals surface area contributed by atoms with Gasteiger partial charge >= 0.3 is 0 Å². The van der Waals surface area contributed by atoms with Crippen molar-refractivity contribution in [3.8, 4) is 5.75 Å². The Hall–Kier alpha value is -2.82. The number of ether oxygens (including phenoxy) is 1. The standard InChI is InChI=1S/C23H29N3O2/c1-16(2)20(18-8-9-21(28-4)17(3)13-18)14-23(27)24-11-10-22-25-15-19-7-5-6-12-26(19)22/h5-9,12-13,15-16,20H,10-11,14H2,1-4H3,(H,24,27). The maximum absolute atomic E-state index is 12.6. The van der Waals surface area contributed by atoms with Crippen molar-refractivity contribution in [1.82, 2.24) is 14.7 Å². The molecule has 2 heterocycles. The number of rotatable bonds is 8. The van der Waals surface area contributed by atoms with Crippen molar-refractivity contribution in [1.29, 1.82) is 0 Å². The molecule has 0 spiro atoms. The Morgan fingerprint density at radius 1 is 1.25 bits per heavy atom. The average molecular weight is 380 g/mol. The molecule has 3 rings (SSSR count). The molecule has 5 heteroatoms. The average Bonchev–Trinajstić information content (AvgIpc) is 3.09. The number of aromatic nitrogens is 2. The summed E-state index contributed by atoms with van der Waals surface area (Å²) < 4.78 is 7.41. The van der Waals surface area contributed by atoms with Crippen LogP contribution >= 0.6 is 0 Å². The molecule has 0 aliphatic rings. The normalized spacial score (nSPS) is 12.3. The van der Waals surface area contributed by atoms with Gasteiger partial charge in [-0.1, -0.05) is 32.0 Å². The van der Waals surface area contributed by atoms with E-state index in [2.05, 4.69) is 40.7 Å². The fourth-order valence-corrected chi connectivity index (χ4v) is 3.64. The first-order valence-corrected chi connectivity index (χ1v) is 9.81. The lowest BCUT2D eigenvalue weighted by Crippen LogP contribution is -2.28. The van der Waals surface area contributed by atoms with Gasteiger partial charge in [-0.3, -0.25) is 4.79 Å². The van der Waals surface area contributed by atoms with E-state index in [1.807, 2.05) is 43.6 Å². The smallest absolute Gasteiger partial charge is 0.220 e. The van der Waals surface area contributed by atoms with Crippen molar-refractivity contribution in [2.75, 3.05) is 13.7 Å². The van der Waals surface area contributed by atoms with Crippen LogP contribution in [0.2, 0.25) is 0 Å². The van der Waals surface area contributed by atoms with Crippen LogP contribution < -0.4 is 10.1 Å². The van der Waals surface area contributed by atoms with Gasteiger partial charge in [-0.15, -0.1) is 0 Å². The summed E-state index contributed by atoms with van der Waals surface area (Å²) in [4.78, 5) is 17.0. The monoisotopic (exact) mass is 379 g/mol. The molecular weight excluding hydrogens is 350 g/mol. The fourth-order valence-electron chi connectivity index (χ4n) is 3.64. The summed E-state index contributed by atoms with van der Waals surface area (Å²) in [6.45, 7) is 6.94. The molecule has 0 bridgehead atoms. The number of benzene rings is 1. The summed E-state index contributed by atoms with van der Waals surface area (Å²) in [6, 6.07) is 12.2. The molecule has 1 N–H and O–H groups in total. The lowest BCUT2D eigenvalue weighted by atomic mass is 9.85. The second-order valence-corrected chi connectivity index (χ2v) is 7.55. The maximum Gasteiger partial charge on any atom is 0.220 e. The molecule has 0 aliphatic carbocycles. The predicted molar refractivity (Wildman–Crippen MR) is 112 cm³/mol. The summed E-state index contributed by atoms with van der Waals surface area (Å²) in [5.74, 6) is 2.46. The van der Waals surface area contributed by atoms with E-state index < -0.39 is 0 Å². The van der Waals surface area contributed by atoms with Crippen LogP contribution in [0.25, 0.3) is 5.52 Å². The maximum atomic E-state index is 12.6. The first-order chi connectivity index (χ1) is 13.5. The number of nitrogens with one attached hydrogen (secondary N) is 1. The van der Waals surface area contributed by atoms with Crippen LogP contribution in [0.1, 0.15) is 43.1 Å². The summed E-state index contributed by atoms with van der Waals surface area (Å²) in [5, 5.41) is 3.06. The minimum atomic E-state index is 0.0769. The number of hydrogen-bond acceptors (Lipinski definition) is 3. The van der Waals surface area contributed by atoms with Gasteiger partial charge in [-0.25, -0.2) is 4.98 Å². The van der Waals surface area contributed by atoms with E-state index in [0.29, 0.717) is 25.3 Å². The van der Waals surface area contributed by atoms with Crippen molar-refractivity contribution in [2.45, 2.75) is 39.5 Å². The van der Waals surface area contributed by atoms with E-state index in [1.165, 1.54) is 5.56 Å². The number of imidazole rings is 1. The van der Waals surface area contributed by atoms with Crippen molar-refractivity contribution < 1.29 is 9.53 Å². The largest absolute Gasteiger partial charge is 0.496 e. The zero-order chi connectivity index (χ0) is 20.1. The lowest BCUT2D eigenvalue weighted by Gasteiger charge is -2.22. The van der Waals surface area contributed by atoms with E-state index >= 15 is 0 Å². The van der Waals surface area contributed by atoms with Crippen LogP contribution in [-0.4, -0.2) is 28.9 Å². The molecule has 28 heavy (non-hydrogen) atoms. The summed E-state index contributed by atoms with van der Waals surface area (Å²) >= 11 is 0. The molecule has 148 valence electrons. The number of pyridine rings is 1. The molecule has 1 unspecified atom stereocenters. The highest BCUT2D eigenvalue weighted by molar-refractivity contribution is 5.77. The van der Waals surface area contributed by atoms with Crippen molar-refractivity contribution in [2.24, 2.45) is 5.92 Å². The number of amides is 1. The van der Waals surface area contributed by atoms with Crippen LogP contribution in [0.4, 0.5) is 0 Å². The van der Waals surface area contributed by atoms with Gasteiger partial charge in [0.1, 0.15) is 11.6 Å². The number of hydrogen-bond donors (Lipinski definition) is 1. The zero-order valence-electron chi connectivity index (χ0n) is 17.1. The third-order valence-corrected chi connectivity index (χ3v) is 5.24. The minimum absolute atomic E-state index is 0.0769. The lowest BCUT2D eigenvalue weighted by molar-refractivity contribution is -0.121. The Kier molecular flexibility index (Phi) is 6.34. The van der Waals surface area contributed by atoms with E-state index in [-0.39, 0.29) is 11.8 Å². The Morgan fingerprint density at radius 2 is 2.07 bits per heavy atom. The van der Waals surface area contributed by atoms with Crippen LogP contribution in [-0.2, 0) is 11.2 Å². The van der Waals surface area contributed by atoms with Gasteiger partial charge in [0.05, 0.1) is 18.8 Å². The van der Waals surface area contributed by atoms with E-state index in [0.717, 1.165) is 22.7 Å². The molecule has 0 saturated carbocycles. The Labute approximate surface area is 166 Å². The summed E-state index contributed by atoms with van der Waals surface area (Å²) in [7, 11) is 1.68. The van der Waals surface area contributed by atoms with E-state index in [4.69, 9.17) is 4.74 Å². The summed E-state index contributed by atoms with van der Waals surface area (Å²) in [5.41, 5.74) is 3.35. The molecule has 0 radical (unpaired) electrons. The topological polar surface area (TPSA) is 55.6 Å². The predicted octanol–water partition coefficient (Wildman–Crippen LogP) is 4.14. The van der Waals surface area contributed by atoms with E-state index in [1.54, 1.807) is 7.11 Å². The fraction of sp³-hybridized carbons (Fsp3) is 0.391. The van der Waals surface area contributed by atoms with Gasteiger partial charge < -0.3 is 14.5 Å². The highest BCUT2D eigenvalue weighted by Crippen LogP contribution is 2.31. The molecule has 1 atom stereocenters. The Morgan fingerprint density at radius 3 is 2.79 bits per heavy atom. The van der Waals surface area contributed by atoms with Crippen LogP contribution in [0.15, 0.2) is 48.8 Å². The number of fused-ring (bicyclic) bond motifs is 1. The van der Waals surface area contributed by atoms with Gasteiger partial charge in [-0.05, 0) is 48.1 Å². The quantitative estimate of drug-likeness (QED) is 0.640. The molecule has 0 aliphatic heterocycles. The van der Waals surface area contributed by atoms with Gasteiger partial charge in [0.2, 0.25) is 5.91 Å². The first kappa shape index (κ1) is 19.9. The molecule has 1 aromatic carbocycles. The van der Waals surface area contributed by atoms with Crippen molar-refractivity contribution in [3.63, 3.8) is 0 Å². The van der Waals surface area contributed by atoms with Gasteiger partial charge in [0.25, 0.3) is 0 Å². The second kappa shape index (κ2) is 8.91. The van der Waals surface area contributed by atoms with Crippen molar-refractivity contribution >= 4 is 11.4 Å². The third kappa shape index (κ3) is 4.53. The highest BCUT2D eigenvalue weighted by atomic mass is 16.5. The number of carbonyl (C=O) groups is 1. The van der Waals surface area contributed by atoms with Gasteiger partial charge in [0, 0.05) is 25.6 Å². The summed E-state index contributed by atoms with van der Waals surface area (Å²) in [6.07, 6.45) is 5.04. The molecule has 0 fully saturated rings. The number of nitrogens with zero attached hydrogens (tertiary/aromatic N) is 2. The van der Waals surface area contributed by atoms with Crippen molar-refractivity contribution in [3.05, 3.63) is 65.7 Å². The third-order valence-electron chi connectivity index (χ3n) is 5.24. The second-order valence-electron chi connectivity index (χ2n) is 7.55. The Bertz CT molecular complexity index is 946. The SMILES string of the molecule is COc1ccc(C(CC(=O)NCCc2ncc3ccccn23)C(C)C)cc1C. The highest BCUT2D eigenvalue weighted by Gasteiger charge is 2.20. The first-order valence-electron chi connectivity index (χ1n) is 9.81. The number of methoxy groups -OCH3 is 1. The Balaban J connectivity index is 1.59. The van der Waals surface area contributed by atoms with Gasteiger partial charge in [0.15, 0.2) is 0 Å². The number of carbonyl (C=O) groups excluding carboxylic acids is 1. The zero-order valence-corrected chi connectivity index (χ0v) is 17.1. The molecular formula is C23H29N3O2. The molecule has 3 aromatic rings. The molecule has 1 amide bonds. The number of aryl methyl sites for hydroxylation is 1. The molecule has 5 nitrogen and oxygen atoms in total. The minimum Gasteiger partial charge on any atom is -0.496 e. The molecule has 2 aromatic heterocycles. The van der Waals surface area contributed by atoms with Crippen LogP contribution in [0, 0.1) is 12.8 Å². The molecule has 0 saturated heterocycles. The van der Waals surface area contributed by atoms with Crippen LogP contribution in [0.3, 0.4) is 0 Å².